The fourth-order valence-electron chi connectivity index (χ4n) is 3.36. The molecule has 1 N–H and O–H groups in total. The van der Waals surface area contributed by atoms with Gasteiger partial charge in [0.15, 0.2) is 0 Å². The van der Waals surface area contributed by atoms with E-state index in [4.69, 9.17) is 16.1 Å². The van der Waals surface area contributed by atoms with E-state index in [1.807, 2.05) is 42.5 Å². The minimum Gasteiger partial charge on any atom is -0.369 e. The van der Waals surface area contributed by atoms with Crippen LogP contribution in [0.2, 0.25) is 5.02 Å². The molecule has 3 heterocycles. The van der Waals surface area contributed by atoms with E-state index >= 15 is 0 Å². The molecule has 4 rings (SSSR count). The van der Waals surface area contributed by atoms with Gasteiger partial charge in [-0.15, -0.1) is 0 Å². The van der Waals surface area contributed by atoms with Gasteiger partial charge in [0.05, 0.1) is 5.69 Å². The van der Waals surface area contributed by atoms with Gasteiger partial charge >= 0.3 is 0 Å². The van der Waals surface area contributed by atoms with Gasteiger partial charge < -0.3 is 14.7 Å². The number of halogens is 1. The molecule has 1 atom stereocenters. The summed E-state index contributed by atoms with van der Waals surface area (Å²) >= 11 is 6.08. The number of anilines is 1. The summed E-state index contributed by atoms with van der Waals surface area (Å²) in [6.45, 7) is 3.33. The third-order valence-corrected chi connectivity index (χ3v) is 4.93. The van der Waals surface area contributed by atoms with Crippen molar-refractivity contribution in [2.45, 2.75) is 19.4 Å². The fraction of sp³-hybridized carbons (Fsp3) is 0.250. The number of benzene rings is 1. The smallest absolute Gasteiger partial charge is 0.257 e. The average Bonchev–Trinajstić information content (AvgIpc) is 3.29. The number of hydrogen-bond donors (Lipinski definition) is 1. The Hall–Kier alpha value is -2.86. The summed E-state index contributed by atoms with van der Waals surface area (Å²) in [4.78, 5) is 19.4. The molecule has 1 fully saturated rings. The number of hydrogen-bond acceptors (Lipinski definition) is 5. The van der Waals surface area contributed by atoms with Crippen molar-refractivity contribution in [1.82, 2.24) is 15.5 Å². The van der Waals surface area contributed by atoms with Crippen molar-refractivity contribution in [3.8, 4) is 11.4 Å². The van der Waals surface area contributed by atoms with Crippen LogP contribution in [0.25, 0.3) is 11.4 Å². The van der Waals surface area contributed by atoms with E-state index in [9.17, 15) is 4.79 Å². The van der Waals surface area contributed by atoms with E-state index in [2.05, 4.69) is 20.4 Å². The quantitative estimate of drug-likeness (QED) is 0.744. The Kier molecular flexibility index (Phi) is 4.81. The van der Waals surface area contributed by atoms with Gasteiger partial charge in [-0.1, -0.05) is 28.9 Å². The molecule has 138 valence electrons. The van der Waals surface area contributed by atoms with Crippen molar-refractivity contribution in [1.29, 1.82) is 0 Å². The van der Waals surface area contributed by atoms with Gasteiger partial charge in [-0.3, -0.25) is 9.78 Å². The Morgan fingerprint density at radius 1 is 1.30 bits per heavy atom. The molecule has 6 nitrogen and oxygen atoms in total. The van der Waals surface area contributed by atoms with Crippen molar-refractivity contribution < 1.29 is 9.32 Å². The lowest BCUT2D eigenvalue weighted by atomic mass is 10.1. The third kappa shape index (κ3) is 3.66. The molecule has 0 saturated carbocycles. The normalized spacial score (nSPS) is 16.5. The second kappa shape index (κ2) is 7.40. The van der Waals surface area contributed by atoms with Gasteiger partial charge in [0.2, 0.25) is 0 Å². The molecule has 1 aliphatic heterocycles. The Morgan fingerprint density at radius 2 is 2.19 bits per heavy atom. The van der Waals surface area contributed by atoms with Gasteiger partial charge in [-0.25, -0.2) is 0 Å². The van der Waals surface area contributed by atoms with Crippen LogP contribution in [0, 0.1) is 6.92 Å². The van der Waals surface area contributed by atoms with Crippen LogP contribution in [0.5, 0.6) is 0 Å². The zero-order valence-corrected chi connectivity index (χ0v) is 15.6. The summed E-state index contributed by atoms with van der Waals surface area (Å²) in [5, 5.41) is 7.84. The molecule has 0 radical (unpaired) electrons. The minimum atomic E-state index is -0.188. The molecule has 3 aromatic rings. The largest absolute Gasteiger partial charge is 0.369 e. The predicted octanol–water partition coefficient (Wildman–Crippen LogP) is 3.71. The second-order valence-electron chi connectivity index (χ2n) is 6.56. The molecule has 0 bridgehead atoms. The Bertz CT molecular complexity index is 958. The van der Waals surface area contributed by atoms with Crippen molar-refractivity contribution >= 4 is 23.2 Å². The van der Waals surface area contributed by atoms with Gasteiger partial charge in [-0.2, -0.15) is 0 Å². The maximum atomic E-state index is 12.9. The van der Waals surface area contributed by atoms with Crippen LogP contribution in [-0.2, 0) is 0 Å². The zero-order valence-electron chi connectivity index (χ0n) is 14.9. The minimum absolute atomic E-state index is 0.0439. The number of aromatic nitrogens is 2. The highest BCUT2D eigenvalue weighted by molar-refractivity contribution is 6.30. The SMILES string of the molecule is Cc1onc(-c2ccccn2)c1C(=O)NC1CCN(c2cccc(Cl)c2)C1. The standard InChI is InChI=1S/C20H19ClN4O2/c1-13-18(19(24-27-13)17-7-2-3-9-22-17)20(26)23-15-8-10-25(12-15)16-6-4-5-14(21)11-16/h2-7,9,11,15H,8,10,12H2,1H3,(H,23,26). The highest BCUT2D eigenvalue weighted by Gasteiger charge is 2.28. The Morgan fingerprint density at radius 3 is 2.96 bits per heavy atom. The molecule has 1 aromatic carbocycles. The maximum absolute atomic E-state index is 12.9. The number of nitrogens with zero attached hydrogens (tertiary/aromatic N) is 3. The molecule has 0 aliphatic carbocycles. The molecule has 27 heavy (non-hydrogen) atoms. The highest BCUT2D eigenvalue weighted by atomic mass is 35.5. The molecule has 2 aromatic heterocycles. The van der Waals surface area contributed by atoms with Gasteiger partial charge in [0, 0.05) is 36.0 Å². The van der Waals surface area contributed by atoms with Crippen LogP contribution in [0.1, 0.15) is 22.5 Å². The number of amides is 1. The molecule has 1 unspecified atom stereocenters. The van der Waals surface area contributed by atoms with E-state index in [1.54, 1.807) is 13.1 Å². The van der Waals surface area contributed by atoms with Crippen molar-refractivity contribution in [2.24, 2.45) is 0 Å². The first-order valence-corrected chi connectivity index (χ1v) is 9.18. The summed E-state index contributed by atoms with van der Waals surface area (Å²) in [5.41, 5.74) is 2.59. The van der Waals surface area contributed by atoms with Crippen LogP contribution < -0.4 is 10.2 Å². The third-order valence-electron chi connectivity index (χ3n) is 4.69. The van der Waals surface area contributed by atoms with Crippen LogP contribution >= 0.6 is 11.6 Å². The van der Waals surface area contributed by atoms with Gasteiger partial charge in [-0.05, 0) is 43.7 Å². The maximum Gasteiger partial charge on any atom is 0.257 e. The lowest BCUT2D eigenvalue weighted by Crippen LogP contribution is -2.37. The molecule has 7 heteroatoms. The summed E-state index contributed by atoms with van der Waals surface area (Å²) in [5.74, 6) is 0.296. The van der Waals surface area contributed by atoms with Crippen LogP contribution in [0.4, 0.5) is 5.69 Å². The topological polar surface area (TPSA) is 71.3 Å². The monoisotopic (exact) mass is 382 g/mol. The van der Waals surface area contributed by atoms with E-state index in [-0.39, 0.29) is 11.9 Å². The van der Waals surface area contributed by atoms with Crippen LogP contribution in [-0.4, -0.2) is 35.2 Å². The van der Waals surface area contributed by atoms with Gasteiger partial charge in [0.25, 0.3) is 5.91 Å². The number of carbonyl (C=O) groups is 1. The molecule has 1 saturated heterocycles. The summed E-state index contributed by atoms with van der Waals surface area (Å²) in [6, 6.07) is 13.3. The Balaban J connectivity index is 1.49. The zero-order chi connectivity index (χ0) is 18.8. The first-order valence-electron chi connectivity index (χ1n) is 8.81. The van der Waals surface area contributed by atoms with Crippen LogP contribution in [0.3, 0.4) is 0 Å². The predicted molar refractivity (Wildman–Crippen MR) is 104 cm³/mol. The van der Waals surface area contributed by atoms with E-state index in [0.29, 0.717) is 27.7 Å². The van der Waals surface area contributed by atoms with E-state index < -0.39 is 0 Å². The van der Waals surface area contributed by atoms with Crippen molar-refractivity contribution in [3.05, 3.63) is 65.0 Å². The molecular formula is C20H19ClN4O2. The van der Waals surface area contributed by atoms with Crippen LogP contribution in [0.15, 0.2) is 53.2 Å². The summed E-state index contributed by atoms with van der Waals surface area (Å²) in [6.07, 6.45) is 2.53. The van der Waals surface area contributed by atoms with E-state index in [1.165, 1.54) is 0 Å². The van der Waals surface area contributed by atoms with E-state index in [0.717, 1.165) is 25.2 Å². The molecule has 1 aliphatic rings. The van der Waals surface area contributed by atoms with Crippen molar-refractivity contribution in [2.75, 3.05) is 18.0 Å². The number of pyridine rings is 1. The van der Waals surface area contributed by atoms with Crippen molar-refractivity contribution in [3.63, 3.8) is 0 Å². The Labute approximate surface area is 162 Å². The number of nitrogens with one attached hydrogen (secondary N) is 1. The number of aryl methyl sites for hydroxylation is 1. The summed E-state index contributed by atoms with van der Waals surface area (Å²) in [7, 11) is 0. The number of rotatable bonds is 4. The highest BCUT2D eigenvalue weighted by Crippen LogP contribution is 2.26. The fourth-order valence-corrected chi connectivity index (χ4v) is 3.54. The first-order chi connectivity index (χ1) is 13.1. The average molecular weight is 383 g/mol. The first kappa shape index (κ1) is 17.5. The molecule has 0 spiro atoms. The second-order valence-corrected chi connectivity index (χ2v) is 7.00. The summed E-state index contributed by atoms with van der Waals surface area (Å²) < 4.78 is 5.26. The number of carbonyl (C=O) groups excluding carboxylic acids is 1. The molecular weight excluding hydrogens is 364 g/mol. The molecule has 1 amide bonds. The lowest BCUT2D eigenvalue weighted by Gasteiger charge is -2.19. The lowest BCUT2D eigenvalue weighted by molar-refractivity contribution is 0.0939. The van der Waals surface area contributed by atoms with Gasteiger partial charge in [0.1, 0.15) is 17.0 Å².